The van der Waals surface area contributed by atoms with Crippen LogP contribution in [0.2, 0.25) is 0 Å². The van der Waals surface area contributed by atoms with Gasteiger partial charge in [-0.25, -0.2) is 0 Å². The molecule has 2 heterocycles. The molecule has 20 heavy (non-hydrogen) atoms. The van der Waals surface area contributed by atoms with E-state index in [1.54, 1.807) is 7.11 Å². The lowest BCUT2D eigenvalue weighted by Gasteiger charge is -2.04. The highest BCUT2D eigenvalue weighted by molar-refractivity contribution is 7.71. The summed E-state index contributed by atoms with van der Waals surface area (Å²) in [6.07, 6.45) is 2.81. The zero-order chi connectivity index (χ0) is 14.1. The quantitative estimate of drug-likeness (QED) is 0.751. The number of hydrogen-bond donors (Lipinski definition) is 1. The molecule has 6 heteroatoms. The Labute approximate surface area is 121 Å². The summed E-state index contributed by atoms with van der Waals surface area (Å²) in [6, 6.07) is 7.96. The monoisotopic (exact) mass is 288 g/mol. The molecular weight excluding hydrogens is 272 g/mol. The number of aryl methyl sites for hydroxylation is 3. The Kier molecular flexibility index (Phi) is 3.31. The van der Waals surface area contributed by atoms with Crippen molar-refractivity contribution < 1.29 is 4.74 Å². The van der Waals surface area contributed by atoms with E-state index >= 15 is 0 Å². The van der Waals surface area contributed by atoms with Crippen LogP contribution in [0.4, 0.5) is 0 Å². The lowest BCUT2D eigenvalue weighted by molar-refractivity contribution is 0.415. The van der Waals surface area contributed by atoms with Gasteiger partial charge in [-0.3, -0.25) is 4.68 Å². The van der Waals surface area contributed by atoms with Gasteiger partial charge in [0.05, 0.1) is 23.8 Å². The SMILES string of the molecule is COc1ccc2c(c1)[nH]c(=S)n2CCc1ccn(C)n1. The zero-order valence-corrected chi connectivity index (χ0v) is 12.3. The predicted molar refractivity (Wildman–Crippen MR) is 80.6 cm³/mol. The normalized spacial score (nSPS) is 11.1. The number of rotatable bonds is 4. The standard InChI is InChI=1S/C14H16N4OS/c1-17-7-5-10(16-17)6-8-18-13-4-3-11(19-2)9-12(13)15-14(18)20/h3-5,7,9H,6,8H2,1-2H3,(H,15,20). The molecule has 3 rings (SSSR count). The average molecular weight is 288 g/mol. The molecule has 3 aromatic rings. The van der Waals surface area contributed by atoms with Crippen LogP contribution in [0.15, 0.2) is 30.5 Å². The highest BCUT2D eigenvalue weighted by atomic mass is 32.1. The van der Waals surface area contributed by atoms with Crippen molar-refractivity contribution in [2.24, 2.45) is 7.05 Å². The number of benzene rings is 1. The molecular formula is C14H16N4OS. The van der Waals surface area contributed by atoms with Crippen molar-refractivity contribution in [3.8, 4) is 5.75 Å². The summed E-state index contributed by atoms with van der Waals surface area (Å²) in [5, 5.41) is 4.39. The topological polar surface area (TPSA) is 47.8 Å². The van der Waals surface area contributed by atoms with E-state index < -0.39 is 0 Å². The van der Waals surface area contributed by atoms with Crippen LogP contribution in [0.25, 0.3) is 11.0 Å². The minimum Gasteiger partial charge on any atom is -0.497 e. The van der Waals surface area contributed by atoms with Gasteiger partial charge in [-0.05, 0) is 30.4 Å². The van der Waals surface area contributed by atoms with Crippen molar-refractivity contribution in [2.45, 2.75) is 13.0 Å². The number of aromatic amines is 1. The number of aromatic nitrogens is 4. The van der Waals surface area contributed by atoms with E-state index in [1.165, 1.54) is 0 Å². The van der Waals surface area contributed by atoms with Crippen molar-refractivity contribution in [1.29, 1.82) is 0 Å². The number of hydrogen-bond acceptors (Lipinski definition) is 3. The van der Waals surface area contributed by atoms with Crippen LogP contribution in [-0.4, -0.2) is 26.4 Å². The van der Waals surface area contributed by atoms with Crippen molar-refractivity contribution in [3.05, 3.63) is 40.9 Å². The fourth-order valence-corrected chi connectivity index (χ4v) is 2.61. The number of nitrogens with zero attached hydrogens (tertiary/aromatic N) is 3. The molecule has 0 bridgehead atoms. The van der Waals surface area contributed by atoms with Crippen LogP contribution < -0.4 is 4.74 Å². The summed E-state index contributed by atoms with van der Waals surface area (Å²) < 4.78 is 9.86. The van der Waals surface area contributed by atoms with Crippen LogP contribution in [0.1, 0.15) is 5.69 Å². The smallest absolute Gasteiger partial charge is 0.178 e. The van der Waals surface area contributed by atoms with E-state index in [1.807, 2.05) is 42.2 Å². The Bertz CT molecular complexity index is 799. The number of fused-ring (bicyclic) bond motifs is 1. The summed E-state index contributed by atoms with van der Waals surface area (Å²) in [5.41, 5.74) is 3.15. The molecule has 0 saturated heterocycles. The first-order valence-corrected chi connectivity index (χ1v) is 6.83. The molecule has 0 spiro atoms. The van der Waals surface area contributed by atoms with Crippen LogP contribution in [-0.2, 0) is 20.0 Å². The molecule has 0 aliphatic heterocycles. The van der Waals surface area contributed by atoms with Crippen LogP contribution in [0.5, 0.6) is 5.75 Å². The van der Waals surface area contributed by atoms with Crippen molar-refractivity contribution in [1.82, 2.24) is 19.3 Å². The van der Waals surface area contributed by atoms with Crippen LogP contribution in [0.3, 0.4) is 0 Å². The van der Waals surface area contributed by atoms with E-state index in [9.17, 15) is 0 Å². The van der Waals surface area contributed by atoms with E-state index in [4.69, 9.17) is 17.0 Å². The van der Waals surface area contributed by atoms with Crippen molar-refractivity contribution in [3.63, 3.8) is 0 Å². The Balaban J connectivity index is 1.91. The Morgan fingerprint density at radius 2 is 2.20 bits per heavy atom. The second-order valence-electron chi connectivity index (χ2n) is 4.70. The summed E-state index contributed by atoms with van der Waals surface area (Å²) in [6.45, 7) is 0.808. The molecule has 0 fully saturated rings. The maximum absolute atomic E-state index is 5.39. The fraction of sp³-hybridized carbons (Fsp3) is 0.286. The highest BCUT2D eigenvalue weighted by Gasteiger charge is 2.06. The molecule has 0 radical (unpaired) electrons. The third kappa shape index (κ3) is 2.34. The molecule has 0 unspecified atom stereocenters. The Morgan fingerprint density at radius 1 is 1.35 bits per heavy atom. The molecule has 1 aromatic carbocycles. The van der Waals surface area contributed by atoms with E-state index in [2.05, 4.69) is 14.6 Å². The number of H-pyrrole nitrogens is 1. The van der Waals surface area contributed by atoms with Crippen LogP contribution >= 0.6 is 12.2 Å². The average Bonchev–Trinajstić information content (AvgIpc) is 2.98. The Morgan fingerprint density at radius 3 is 2.90 bits per heavy atom. The van der Waals surface area contributed by atoms with Gasteiger partial charge in [0, 0.05) is 32.3 Å². The number of imidazole rings is 1. The van der Waals surface area contributed by atoms with Gasteiger partial charge in [-0.1, -0.05) is 0 Å². The maximum atomic E-state index is 5.39. The summed E-state index contributed by atoms with van der Waals surface area (Å²) in [4.78, 5) is 3.22. The third-order valence-corrected chi connectivity index (χ3v) is 3.66. The number of nitrogens with one attached hydrogen (secondary N) is 1. The van der Waals surface area contributed by atoms with Gasteiger partial charge in [0.1, 0.15) is 5.75 Å². The molecule has 1 N–H and O–H groups in total. The first-order valence-electron chi connectivity index (χ1n) is 6.42. The van der Waals surface area contributed by atoms with Gasteiger partial charge in [-0.15, -0.1) is 0 Å². The molecule has 0 amide bonds. The summed E-state index contributed by atoms with van der Waals surface area (Å²) >= 11 is 5.39. The second-order valence-corrected chi connectivity index (χ2v) is 5.08. The van der Waals surface area contributed by atoms with E-state index in [0.717, 1.165) is 40.2 Å². The highest BCUT2D eigenvalue weighted by Crippen LogP contribution is 2.20. The molecule has 0 atom stereocenters. The van der Waals surface area contributed by atoms with E-state index in [-0.39, 0.29) is 0 Å². The van der Waals surface area contributed by atoms with Crippen molar-refractivity contribution >= 4 is 23.3 Å². The zero-order valence-electron chi connectivity index (χ0n) is 11.5. The van der Waals surface area contributed by atoms with E-state index in [0.29, 0.717) is 0 Å². The Hall–Kier alpha value is -2.08. The molecule has 0 saturated carbocycles. The lowest BCUT2D eigenvalue weighted by atomic mass is 10.2. The molecule has 5 nitrogen and oxygen atoms in total. The lowest BCUT2D eigenvalue weighted by Crippen LogP contribution is -2.02. The van der Waals surface area contributed by atoms with Gasteiger partial charge < -0.3 is 14.3 Å². The molecule has 2 aromatic heterocycles. The molecule has 0 aliphatic rings. The first kappa shape index (κ1) is 12.9. The largest absolute Gasteiger partial charge is 0.497 e. The first-order chi connectivity index (χ1) is 9.67. The van der Waals surface area contributed by atoms with Gasteiger partial charge in [0.25, 0.3) is 0 Å². The third-order valence-electron chi connectivity index (χ3n) is 3.34. The van der Waals surface area contributed by atoms with Gasteiger partial charge >= 0.3 is 0 Å². The van der Waals surface area contributed by atoms with Gasteiger partial charge in [-0.2, -0.15) is 5.10 Å². The van der Waals surface area contributed by atoms with Crippen molar-refractivity contribution in [2.75, 3.05) is 7.11 Å². The molecule has 0 aliphatic carbocycles. The summed E-state index contributed by atoms with van der Waals surface area (Å²) in [5.74, 6) is 0.825. The second kappa shape index (κ2) is 5.13. The predicted octanol–water partition coefficient (Wildman–Crippen LogP) is 2.68. The minimum absolute atomic E-state index is 0.726. The number of ether oxygens (including phenoxy) is 1. The molecule has 104 valence electrons. The fourth-order valence-electron chi connectivity index (χ4n) is 2.31. The van der Waals surface area contributed by atoms with Crippen LogP contribution in [0, 0.1) is 4.77 Å². The maximum Gasteiger partial charge on any atom is 0.178 e. The summed E-state index contributed by atoms with van der Waals surface area (Å²) in [7, 11) is 3.58. The van der Waals surface area contributed by atoms with Gasteiger partial charge in [0.15, 0.2) is 4.77 Å². The minimum atomic E-state index is 0.726. The number of methoxy groups -OCH3 is 1. The van der Waals surface area contributed by atoms with Gasteiger partial charge in [0.2, 0.25) is 0 Å².